The minimum atomic E-state index is -0.447. The van der Waals surface area contributed by atoms with Gasteiger partial charge in [-0.1, -0.05) is 0 Å². The van der Waals surface area contributed by atoms with Gasteiger partial charge in [0.15, 0.2) is 5.82 Å². The summed E-state index contributed by atoms with van der Waals surface area (Å²) in [5, 5.41) is 15.1. The van der Waals surface area contributed by atoms with Crippen LogP contribution in [-0.2, 0) is 20.5 Å². The second kappa shape index (κ2) is 7.20. The number of carbonyl (C=O) groups is 1. The maximum absolute atomic E-state index is 12.7. The lowest BCUT2D eigenvalue weighted by Gasteiger charge is -2.25. The Balaban J connectivity index is 1.67. The van der Waals surface area contributed by atoms with E-state index in [-0.39, 0.29) is 28.9 Å². The fourth-order valence-electron chi connectivity index (χ4n) is 4.05. The van der Waals surface area contributed by atoms with Gasteiger partial charge in [-0.15, -0.1) is 0 Å². The van der Waals surface area contributed by atoms with Crippen LogP contribution in [0.25, 0.3) is 0 Å². The van der Waals surface area contributed by atoms with Crippen molar-refractivity contribution in [1.29, 1.82) is 0 Å². The number of nitrogens with zero attached hydrogens (tertiary/aromatic N) is 4. The van der Waals surface area contributed by atoms with E-state index in [0.29, 0.717) is 5.69 Å². The molecule has 4 rings (SSSR count). The van der Waals surface area contributed by atoms with Crippen LogP contribution in [0.2, 0.25) is 0 Å². The number of ketones is 1. The largest absolute Gasteiger partial charge is 0.373 e. The molecule has 0 bridgehead atoms. The minimum Gasteiger partial charge on any atom is -0.373 e. The Labute approximate surface area is 168 Å². The van der Waals surface area contributed by atoms with E-state index in [9.17, 15) is 14.9 Å². The molecule has 0 saturated heterocycles. The Morgan fingerprint density at radius 2 is 2.10 bits per heavy atom. The molecule has 2 aromatic heterocycles. The third-order valence-corrected chi connectivity index (χ3v) is 5.72. The van der Waals surface area contributed by atoms with Crippen LogP contribution in [0.15, 0.2) is 36.7 Å². The topological polar surface area (TPSA) is 95.0 Å². The van der Waals surface area contributed by atoms with Gasteiger partial charge in [0.1, 0.15) is 5.69 Å². The zero-order chi connectivity index (χ0) is 20.7. The van der Waals surface area contributed by atoms with E-state index in [0.717, 1.165) is 19.3 Å². The van der Waals surface area contributed by atoms with Gasteiger partial charge in [0.05, 0.1) is 11.0 Å². The third kappa shape index (κ3) is 3.30. The molecule has 0 spiro atoms. The molecule has 2 heterocycles. The van der Waals surface area contributed by atoms with Gasteiger partial charge in [0.25, 0.3) is 5.69 Å². The number of aromatic nitrogens is 3. The lowest BCUT2D eigenvalue weighted by atomic mass is 9.92. The molecule has 0 aliphatic heterocycles. The number of hydrogen-bond acceptors (Lipinski definition) is 5. The van der Waals surface area contributed by atoms with Gasteiger partial charge in [-0.3, -0.25) is 14.9 Å². The van der Waals surface area contributed by atoms with Gasteiger partial charge in [0.2, 0.25) is 5.78 Å². The molecule has 1 N–H and O–H groups in total. The minimum absolute atomic E-state index is 0.00782. The Kier molecular flexibility index (Phi) is 4.70. The van der Waals surface area contributed by atoms with Crippen LogP contribution in [0.4, 0.5) is 11.4 Å². The molecule has 1 aliphatic carbocycles. The van der Waals surface area contributed by atoms with E-state index in [1.807, 2.05) is 0 Å². The van der Waals surface area contributed by atoms with Crippen molar-refractivity contribution in [2.24, 2.45) is 14.1 Å². The van der Waals surface area contributed by atoms with Gasteiger partial charge in [-0.05, 0) is 49.9 Å². The van der Waals surface area contributed by atoms with Crippen molar-refractivity contribution < 1.29 is 9.72 Å². The van der Waals surface area contributed by atoms with Crippen LogP contribution < -0.4 is 5.32 Å². The first kappa shape index (κ1) is 18.9. The number of imidazole rings is 1. The van der Waals surface area contributed by atoms with Crippen LogP contribution in [0.3, 0.4) is 0 Å². The summed E-state index contributed by atoms with van der Waals surface area (Å²) >= 11 is 0. The maximum Gasteiger partial charge on any atom is 0.293 e. The maximum atomic E-state index is 12.7. The van der Waals surface area contributed by atoms with Crippen molar-refractivity contribution in [3.63, 3.8) is 0 Å². The van der Waals surface area contributed by atoms with E-state index in [4.69, 9.17) is 0 Å². The lowest BCUT2D eigenvalue weighted by molar-refractivity contribution is -0.384. The number of nitro groups is 1. The molecule has 1 aromatic carbocycles. The summed E-state index contributed by atoms with van der Waals surface area (Å²) in [6.45, 7) is 2.07. The summed E-state index contributed by atoms with van der Waals surface area (Å²) in [4.78, 5) is 28.0. The molecule has 1 unspecified atom stereocenters. The van der Waals surface area contributed by atoms with Gasteiger partial charge >= 0.3 is 0 Å². The van der Waals surface area contributed by atoms with Crippen molar-refractivity contribution in [3.8, 4) is 0 Å². The van der Waals surface area contributed by atoms with Crippen molar-refractivity contribution >= 4 is 17.2 Å². The Morgan fingerprint density at radius 3 is 2.79 bits per heavy atom. The standard InChI is InChI=1S/C21H23N5O3/c1-13-11-15-16(5-4-6-18(15)25(13)3)23-17-8-7-14(12-19(17)26(28)29)20(27)21-22-9-10-24(21)2/h7-12,16,23H,4-6H2,1-3H3. The molecule has 1 atom stereocenters. The number of hydrogen-bond donors (Lipinski definition) is 1. The normalized spacial score (nSPS) is 15.8. The first-order valence-corrected chi connectivity index (χ1v) is 9.59. The number of carbonyl (C=O) groups excluding carboxylic acids is 1. The number of aryl methyl sites for hydroxylation is 2. The van der Waals surface area contributed by atoms with E-state index >= 15 is 0 Å². The Morgan fingerprint density at radius 1 is 1.31 bits per heavy atom. The number of nitro benzene ring substituents is 1. The number of rotatable bonds is 5. The molecule has 29 heavy (non-hydrogen) atoms. The number of fused-ring (bicyclic) bond motifs is 1. The van der Waals surface area contributed by atoms with Crippen molar-refractivity contribution in [2.45, 2.75) is 32.2 Å². The highest BCUT2D eigenvalue weighted by Crippen LogP contribution is 2.37. The van der Waals surface area contributed by atoms with Crippen molar-refractivity contribution in [2.75, 3.05) is 5.32 Å². The van der Waals surface area contributed by atoms with Crippen LogP contribution in [0.1, 0.15) is 52.0 Å². The van der Waals surface area contributed by atoms with Crippen LogP contribution in [-0.4, -0.2) is 24.8 Å². The van der Waals surface area contributed by atoms with Gasteiger partial charge in [-0.25, -0.2) is 4.98 Å². The highest BCUT2D eigenvalue weighted by molar-refractivity contribution is 6.07. The number of anilines is 1. The molecule has 0 amide bonds. The molecule has 150 valence electrons. The smallest absolute Gasteiger partial charge is 0.293 e. The fraction of sp³-hybridized carbons (Fsp3) is 0.333. The van der Waals surface area contributed by atoms with Gasteiger partial charge < -0.3 is 14.5 Å². The number of nitrogens with one attached hydrogen (secondary N) is 1. The SMILES string of the molecule is Cc1cc2c(n1C)CCCC2Nc1ccc(C(=O)c2nccn2C)cc1[N+](=O)[O-]. The average molecular weight is 393 g/mol. The Bertz CT molecular complexity index is 1110. The van der Waals surface area contributed by atoms with E-state index < -0.39 is 4.92 Å². The first-order valence-electron chi connectivity index (χ1n) is 9.59. The summed E-state index contributed by atoms with van der Waals surface area (Å²) in [5.74, 6) is -0.0949. The second-order valence-corrected chi connectivity index (χ2v) is 7.52. The average Bonchev–Trinajstić information content (AvgIpc) is 3.25. The summed E-state index contributed by atoms with van der Waals surface area (Å²) in [6.07, 6.45) is 6.13. The third-order valence-electron chi connectivity index (χ3n) is 5.72. The monoisotopic (exact) mass is 393 g/mol. The molecular weight excluding hydrogens is 370 g/mol. The summed E-state index contributed by atoms with van der Waals surface area (Å²) in [6, 6.07) is 6.73. The predicted molar refractivity (Wildman–Crippen MR) is 109 cm³/mol. The highest BCUT2D eigenvalue weighted by atomic mass is 16.6. The van der Waals surface area contributed by atoms with Gasteiger partial charge in [0, 0.05) is 49.5 Å². The second-order valence-electron chi connectivity index (χ2n) is 7.52. The van der Waals surface area contributed by atoms with Crippen molar-refractivity contribution in [1.82, 2.24) is 14.1 Å². The molecule has 1 aliphatic rings. The lowest BCUT2D eigenvalue weighted by Crippen LogP contribution is -2.18. The molecular formula is C21H23N5O3. The highest BCUT2D eigenvalue weighted by Gasteiger charge is 2.27. The number of benzene rings is 1. The summed E-state index contributed by atoms with van der Waals surface area (Å²) in [7, 11) is 3.77. The van der Waals surface area contributed by atoms with E-state index in [1.165, 1.54) is 29.2 Å². The first-order chi connectivity index (χ1) is 13.9. The molecule has 8 heteroatoms. The molecule has 0 fully saturated rings. The zero-order valence-electron chi connectivity index (χ0n) is 16.7. The van der Waals surface area contributed by atoms with E-state index in [1.54, 1.807) is 29.9 Å². The summed E-state index contributed by atoms with van der Waals surface area (Å²) in [5.41, 5.74) is 4.20. The van der Waals surface area contributed by atoms with Crippen LogP contribution >= 0.6 is 0 Å². The molecule has 8 nitrogen and oxygen atoms in total. The van der Waals surface area contributed by atoms with Crippen LogP contribution in [0.5, 0.6) is 0 Å². The molecule has 3 aromatic rings. The van der Waals surface area contributed by atoms with Crippen molar-refractivity contribution in [3.05, 3.63) is 75.1 Å². The van der Waals surface area contributed by atoms with Crippen LogP contribution in [0, 0.1) is 17.0 Å². The zero-order valence-corrected chi connectivity index (χ0v) is 16.7. The molecule has 0 saturated carbocycles. The predicted octanol–water partition coefficient (Wildman–Crippen LogP) is 3.70. The quantitative estimate of drug-likeness (QED) is 0.405. The Hall–Kier alpha value is -3.42. The van der Waals surface area contributed by atoms with Gasteiger partial charge in [-0.2, -0.15) is 0 Å². The molecule has 0 radical (unpaired) electrons. The fourth-order valence-corrected chi connectivity index (χ4v) is 4.05. The van der Waals surface area contributed by atoms with E-state index in [2.05, 4.69) is 34.9 Å². The summed E-state index contributed by atoms with van der Waals surface area (Å²) < 4.78 is 3.79.